The van der Waals surface area contributed by atoms with Gasteiger partial charge in [0.2, 0.25) is 5.91 Å². The zero-order valence-electron chi connectivity index (χ0n) is 11.3. The molecule has 0 aromatic carbocycles. The molecule has 2 N–H and O–H groups in total. The number of rotatable bonds is 3. The van der Waals surface area contributed by atoms with Crippen LogP contribution in [0, 0.1) is 5.92 Å². The standard InChI is InChI=1S/C14H22N4O/c15-13-7-8-16-18(13)10-14(19)17-9-3-6-12(17)11-4-1-2-5-11/h7-8,11-12H,1-6,9-10,15H2. The summed E-state index contributed by atoms with van der Waals surface area (Å²) in [6, 6.07) is 2.19. The molecular formula is C14H22N4O. The number of hydrogen-bond acceptors (Lipinski definition) is 3. The van der Waals surface area contributed by atoms with Crippen LogP contribution >= 0.6 is 0 Å². The molecule has 1 saturated carbocycles. The Labute approximate surface area is 113 Å². The molecule has 1 unspecified atom stereocenters. The highest BCUT2D eigenvalue weighted by Crippen LogP contribution is 2.35. The highest BCUT2D eigenvalue weighted by Gasteiger charge is 2.35. The van der Waals surface area contributed by atoms with Crippen molar-refractivity contribution in [2.45, 2.75) is 51.1 Å². The van der Waals surface area contributed by atoms with Gasteiger partial charge in [-0.05, 0) is 37.7 Å². The minimum absolute atomic E-state index is 0.171. The third-order valence-corrected chi connectivity index (χ3v) is 4.60. The van der Waals surface area contributed by atoms with E-state index in [9.17, 15) is 4.79 Å². The van der Waals surface area contributed by atoms with Gasteiger partial charge < -0.3 is 10.6 Å². The second-order valence-corrected chi connectivity index (χ2v) is 5.75. The molecule has 0 radical (unpaired) electrons. The molecule has 5 nitrogen and oxygen atoms in total. The lowest BCUT2D eigenvalue weighted by Gasteiger charge is -2.29. The first-order chi connectivity index (χ1) is 9.25. The quantitative estimate of drug-likeness (QED) is 0.900. The van der Waals surface area contributed by atoms with Crippen LogP contribution in [0.1, 0.15) is 38.5 Å². The van der Waals surface area contributed by atoms with E-state index in [4.69, 9.17) is 5.73 Å². The van der Waals surface area contributed by atoms with Crippen molar-refractivity contribution in [3.63, 3.8) is 0 Å². The first-order valence-corrected chi connectivity index (χ1v) is 7.32. The zero-order valence-corrected chi connectivity index (χ0v) is 11.3. The zero-order chi connectivity index (χ0) is 13.2. The number of amides is 1. The van der Waals surface area contributed by atoms with Crippen LogP contribution in [0.15, 0.2) is 12.3 Å². The summed E-state index contributed by atoms with van der Waals surface area (Å²) in [5.74, 6) is 1.45. The molecule has 1 aliphatic carbocycles. The molecule has 1 aromatic heterocycles. The van der Waals surface area contributed by atoms with Crippen LogP contribution in [-0.4, -0.2) is 33.2 Å². The minimum atomic E-state index is 0.171. The summed E-state index contributed by atoms with van der Waals surface area (Å²) in [5.41, 5.74) is 5.77. The molecule has 1 saturated heterocycles. The monoisotopic (exact) mass is 262 g/mol. The Kier molecular flexibility index (Phi) is 3.44. The second kappa shape index (κ2) is 5.23. The maximum absolute atomic E-state index is 12.4. The van der Waals surface area contributed by atoms with Crippen molar-refractivity contribution in [1.82, 2.24) is 14.7 Å². The number of nitrogens with two attached hydrogens (primary N) is 1. The molecule has 1 atom stereocenters. The van der Waals surface area contributed by atoms with Crippen molar-refractivity contribution in [3.05, 3.63) is 12.3 Å². The fraction of sp³-hybridized carbons (Fsp3) is 0.714. The van der Waals surface area contributed by atoms with E-state index in [1.165, 1.54) is 32.1 Å². The fourth-order valence-electron chi connectivity index (χ4n) is 3.63. The lowest BCUT2D eigenvalue weighted by Crippen LogP contribution is -2.41. The number of anilines is 1. The van der Waals surface area contributed by atoms with Gasteiger partial charge in [-0.2, -0.15) is 5.10 Å². The predicted molar refractivity (Wildman–Crippen MR) is 73.3 cm³/mol. The van der Waals surface area contributed by atoms with E-state index >= 15 is 0 Å². The summed E-state index contributed by atoms with van der Waals surface area (Å²) >= 11 is 0. The number of likely N-dealkylation sites (tertiary alicyclic amines) is 1. The van der Waals surface area contributed by atoms with Gasteiger partial charge in [-0.1, -0.05) is 12.8 Å². The summed E-state index contributed by atoms with van der Waals surface area (Å²) in [6.07, 6.45) is 9.19. The third kappa shape index (κ3) is 2.46. The average molecular weight is 262 g/mol. The van der Waals surface area contributed by atoms with E-state index in [1.54, 1.807) is 16.9 Å². The predicted octanol–water partition coefficient (Wildman–Crippen LogP) is 1.65. The van der Waals surface area contributed by atoms with Gasteiger partial charge in [0.25, 0.3) is 0 Å². The Hall–Kier alpha value is -1.52. The molecule has 0 spiro atoms. The number of carbonyl (C=O) groups is 1. The summed E-state index contributed by atoms with van der Waals surface area (Å²) in [5, 5.41) is 4.09. The minimum Gasteiger partial charge on any atom is -0.384 e. The topological polar surface area (TPSA) is 64.1 Å². The van der Waals surface area contributed by atoms with E-state index in [-0.39, 0.29) is 12.5 Å². The Balaban J connectivity index is 1.66. The molecule has 104 valence electrons. The van der Waals surface area contributed by atoms with Crippen LogP contribution in [0.2, 0.25) is 0 Å². The molecule has 2 heterocycles. The van der Waals surface area contributed by atoms with Crippen LogP contribution in [0.3, 0.4) is 0 Å². The maximum atomic E-state index is 12.4. The number of carbonyl (C=O) groups excluding carboxylic acids is 1. The van der Waals surface area contributed by atoms with E-state index < -0.39 is 0 Å². The number of nitrogens with zero attached hydrogens (tertiary/aromatic N) is 3. The smallest absolute Gasteiger partial charge is 0.244 e. The summed E-state index contributed by atoms with van der Waals surface area (Å²) in [7, 11) is 0. The van der Waals surface area contributed by atoms with Gasteiger partial charge in [-0.25, -0.2) is 4.68 Å². The van der Waals surface area contributed by atoms with Crippen molar-refractivity contribution >= 4 is 11.7 Å². The summed E-state index contributed by atoms with van der Waals surface area (Å²) in [6.45, 7) is 1.18. The Bertz CT molecular complexity index is 450. The van der Waals surface area contributed by atoms with Gasteiger partial charge in [0.1, 0.15) is 12.4 Å². The van der Waals surface area contributed by atoms with E-state index in [0.717, 1.165) is 18.9 Å². The molecule has 2 fully saturated rings. The van der Waals surface area contributed by atoms with E-state index in [0.29, 0.717) is 11.9 Å². The molecule has 3 rings (SSSR count). The van der Waals surface area contributed by atoms with Gasteiger partial charge in [-0.3, -0.25) is 4.79 Å². The summed E-state index contributed by atoms with van der Waals surface area (Å²) < 4.78 is 1.59. The fourth-order valence-corrected chi connectivity index (χ4v) is 3.63. The summed E-state index contributed by atoms with van der Waals surface area (Å²) in [4.78, 5) is 14.5. The van der Waals surface area contributed by atoms with Crippen molar-refractivity contribution in [1.29, 1.82) is 0 Å². The van der Waals surface area contributed by atoms with Crippen LogP contribution in [0.5, 0.6) is 0 Å². The lowest BCUT2D eigenvalue weighted by atomic mass is 9.96. The van der Waals surface area contributed by atoms with E-state index in [1.807, 2.05) is 0 Å². The SMILES string of the molecule is Nc1ccnn1CC(=O)N1CCCC1C1CCCC1. The molecular weight excluding hydrogens is 240 g/mol. The van der Waals surface area contributed by atoms with Crippen molar-refractivity contribution in [2.24, 2.45) is 5.92 Å². The molecule has 2 aliphatic rings. The third-order valence-electron chi connectivity index (χ3n) is 4.60. The van der Waals surface area contributed by atoms with Crippen LogP contribution in [0.4, 0.5) is 5.82 Å². The average Bonchev–Trinajstić information content (AvgIpc) is 3.09. The van der Waals surface area contributed by atoms with Crippen molar-refractivity contribution in [3.8, 4) is 0 Å². The highest BCUT2D eigenvalue weighted by molar-refractivity contribution is 5.77. The van der Waals surface area contributed by atoms with Crippen LogP contribution < -0.4 is 5.73 Å². The van der Waals surface area contributed by atoms with Crippen molar-refractivity contribution in [2.75, 3.05) is 12.3 Å². The molecule has 0 bridgehead atoms. The van der Waals surface area contributed by atoms with Crippen LogP contribution in [-0.2, 0) is 11.3 Å². The molecule has 1 aromatic rings. The molecule has 5 heteroatoms. The molecule has 19 heavy (non-hydrogen) atoms. The molecule has 1 amide bonds. The lowest BCUT2D eigenvalue weighted by molar-refractivity contribution is -0.133. The van der Waals surface area contributed by atoms with Gasteiger partial charge in [0.05, 0.1) is 6.20 Å². The van der Waals surface area contributed by atoms with Gasteiger partial charge in [-0.15, -0.1) is 0 Å². The van der Waals surface area contributed by atoms with Gasteiger partial charge in [0, 0.05) is 12.6 Å². The second-order valence-electron chi connectivity index (χ2n) is 5.75. The Morgan fingerprint density at radius 1 is 1.32 bits per heavy atom. The van der Waals surface area contributed by atoms with Gasteiger partial charge >= 0.3 is 0 Å². The number of nitrogen functional groups attached to an aromatic ring is 1. The normalized spacial score (nSPS) is 24.2. The number of aromatic nitrogens is 2. The number of hydrogen-bond donors (Lipinski definition) is 1. The Morgan fingerprint density at radius 2 is 2.11 bits per heavy atom. The highest BCUT2D eigenvalue weighted by atomic mass is 16.2. The first-order valence-electron chi connectivity index (χ1n) is 7.32. The first kappa shape index (κ1) is 12.5. The maximum Gasteiger partial charge on any atom is 0.244 e. The van der Waals surface area contributed by atoms with E-state index in [2.05, 4.69) is 10.00 Å². The molecule has 1 aliphatic heterocycles. The van der Waals surface area contributed by atoms with Crippen LogP contribution in [0.25, 0.3) is 0 Å². The Morgan fingerprint density at radius 3 is 2.79 bits per heavy atom. The largest absolute Gasteiger partial charge is 0.384 e. The van der Waals surface area contributed by atoms with Gasteiger partial charge in [0.15, 0.2) is 0 Å². The van der Waals surface area contributed by atoms with Crippen molar-refractivity contribution < 1.29 is 4.79 Å².